The third-order valence-corrected chi connectivity index (χ3v) is 4.18. The number of hydrazone groups is 1. The van der Waals surface area contributed by atoms with Crippen LogP contribution >= 0.6 is 34.8 Å². The molecule has 25 heavy (non-hydrogen) atoms. The number of halogens is 3. The molecule has 2 amide bonds. The van der Waals surface area contributed by atoms with Crippen molar-refractivity contribution in [2.75, 3.05) is 5.01 Å². The van der Waals surface area contributed by atoms with E-state index in [4.69, 9.17) is 40.5 Å². The molecule has 0 aliphatic carbocycles. The molecule has 2 rings (SSSR count). The summed E-state index contributed by atoms with van der Waals surface area (Å²) in [4.78, 5) is 23.4. The fourth-order valence-electron chi connectivity index (χ4n) is 1.97. The standard InChI is InChI=1S/C17H14Cl3N3O2/c18-12-5-3-6-13(19)11(12)10-22-23(17(25)9-8-16(21)24)15-7-2-1-4-14(15)20/h1-7,10H,8-9H2,(H2,21,24). The van der Waals surface area contributed by atoms with Crippen molar-refractivity contribution in [2.45, 2.75) is 12.8 Å². The van der Waals surface area contributed by atoms with Crippen molar-refractivity contribution in [3.8, 4) is 0 Å². The van der Waals surface area contributed by atoms with E-state index in [1.54, 1.807) is 42.5 Å². The monoisotopic (exact) mass is 397 g/mol. The molecule has 2 aromatic rings. The summed E-state index contributed by atoms with van der Waals surface area (Å²) in [6.07, 6.45) is 1.17. The van der Waals surface area contributed by atoms with Gasteiger partial charge in [0.15, 0.2) is 0 Å². The molecule has 5 nitrogen and oxygen atoms in total. The molecule has 0 saturated carbocycles. The Bertz CT molecular complexity index is 804. The Morgan fingerprint density at radius 3 is 2.16 bits per heavy atom. The van der Waals surface area contributed by atoms with Crippen molar-refractivity contribution >= 4 is 58.5 Å². The van der Waals surface area contributed by atoms with Gasteiger partial charge in [-0.05, 0) is 24.3 Å². The first-order chi connectivity index (χ1) is 11.9. The maximum atomic E-state index is 12.5. The van der Waals surface area contributed by atoms with Crippen molar-refractivity contribution in [3.63, 3.8) is 0 Å². The van der Waals surface area contributed by atoms with Crippen LogP contribution in [-0.4, -0.2) is 18.0 Å². The van der Waals surface area contributed by atoms with Crippen LogP contribution in [0.5, 0.6) is 0 Å². The van der Waals surface area contributed by atoms with Crippen LogP contribution in [-0.2, 0) is 9.59 Å². The van der Waals surface area contributed by atoms with Crippen LogP contribution in [0.4, 0.5) is 5.69 Å². The van der Waals surface area contributed by atoms with Gasteiger partial charge in [0.1, 0.15) is 0 Å². The lowest BCUT2D eigenvalue weighted by atomic mass is 10.2. The molecule has 0 aliphatic rings. The number of nitrogens with two attached hydrogens (primary N) is 1. The molecule has 0 spiro atoms. The fraction of sp³-hybridized carbons (Fsp3) is 0.118. The number of carbonyl (C=O) groups excluding carboxylic acids is 2. The minimum atomic E-state index is -0.578. The molecule has 0 atom stereocenters. The average molecular weight is 399 g/mol. The van der Waals surface area contributed by atoms with E-state index in [9.17, 15) is 9.59 Å². The summed E-state index contributed by atoms with van der Waals surface area (Å²) in [5, 5.41) is 6.39. The van der Waals surface area contributed by atoms with Crippen LogP contribution in [0.2, 0.25) is 15.1 Å². The zero-order chi connectivity index (χ0) is 18.4. The van der Waals surface area contributed by atoms with E-state index in [0.717, 1.165) is 5.01 Å². The summed E-state index contributed by atoms with van der Waals surface area (Å²) in [5.74, 6) is -1.02. The van der Waals surface area contributed by atoms with Gasteiger partial charge in [-0.3, -0.25) is 9.59 Å². The van der Waals surface area contributed by atoms with Gasteiger partial charge in [0.25, 0.3) is 0 Å². The first kappa shape index (κ1) is 19.2. The first-order valence-electron chi connectivity index (χ1n) is 7.24. The number of rotatable bonds is 6. The second-order valence-corrected chi connectivity index (χ2v) is 6.22. The Morgan fingerprint density at radius 2 is 1.56 bits per heavy atom. The summed E-state index contributed by atoms with van der Waals surface area (Å²) >= 11 is 18.4. The van der Waals surface area contributed by atoms with Gasteiger partial charge in [0.05, 0.1) is 27.0 Å². The van der Waals surface area contributed by atoms with E-state index in [0.29, 0.717) is 26.3 Å². The molecule has 0 aromatic heterocycles. The third-order valence-electron chi connectivity index (χ3n) is 3.20. The van der Waals surface area contributed by atoms with Gasteiger partial charge < -0.3 is 5.73 Å². The molecule has 0 radical (unpaired) electrons. The Kier molecular flexibility index (Phi) is 6.82. The van der Waals surface area contributed by atoms with E-state index >= 15 is 0 Å². The van der Waals surface area contributed by atoms with Gasteiger partial charge >= 0.3 is 0 Å². The van der Waals surface area contributed by atoms with Gasteiger partial charge in [0.2, 0.25) is 11.8 Å². The molecule has 130 valence electrons. The predicted molar refractivity (Wildman–Crippen MR) is 101 cm³/mol. The molecule has 8 heteroatoms. The Balaban J connectivity index is 2.38. The topological polar surface area (TPSA) is 75.8 Å². The van der Waals surface area contributed by atoms with Gasteiger partial charge in [-0.1, -0.05) is 53.0 Å². The van der Waals surface area contributed by atoms with Crippen molar-refractivity contribution in [2.24, 2.45) is 10.8 Å². The van der Waals surface area contributed by atoms with E-state index in [-0.39, 0.29) is 12.8 Å². The minimum Gasteiger partial charge on any atom is -0.370 e. The van der Waals surface area contributed by atoms with Crippen LogP contribution in [0.1, 0.15) is 18.4 Å². The number of nitrogens with zero attached hydrogens (tertiary/aromatic N) is 2. The maximum absolute atomic E-state index is 12.5. The molecule has 2 N–H and O–H groups in total. The van der Waals surface area contributed by atoms with Crippen LogP contribution in [0.3, 0.4) is 0 Å². The van der Waals surface area contributed by atoms with Gasteiger partial charge in [-0.25, -0.2) is 0 Å². The number of para-hydroxylation sites is 1. The van der Waals surface area contributed by atoms with Gasteiger partial charge in [0, 0.05) is 18.4 Å². The van der Waals surface area contributed by atoms with Crippen LogP contribution in [0.15, 0.2) is 47.6 Å². The number of hydrogen-bond acceptors (Lipinski definition) is 3. The highest BCUT2D eigenvalue weighted by atomic mass is 35.5. The zero-order valence-corrected chi connectivity index (χ0v) is 15.2. The average Bonchev–Trinajstić information content (AvgIpc) is 2.56. The molecule has 0 heterocycles. The molecular weight excluding hydrogens is 385 g/mol. The second-order valence-electron chi connectivity index (χ2n) is 5.00. The Hall–Kier alpha value is -2.08. The predicted octanol–water partition coefficient (Wildman–Crippen LogP) is 4.28. The van der Waals surface area contributed by atoms with Crippen LogP contribution in [0.25, 0.3) is 0 Å². The maximum Gasteiger partial charge on any atom is 0.247 e. The molecule has 0 fully saturated rings. The van der Waals surface area contributed by atoms with E-state index in [2.05, 4.69) is 5.10 Å². The highest BCUT2D eigenvalue weighted by Crippen LogP contribution is 2.27. The highest BCUT2D eigenvalue weighted by molar-refractivity contribution is 6.38. The number of benzene rings is 2. The van der Waals surface area contributed by atoms with Crippen molar-refractivity contribution in [1.82, 2.24) is 0 Å². The third kappa shape index (κ3) is 5.19. The Labute approximate surface area is 160 Å². The van der Waals surface area contributed by atoms with Gasteiger partial charge in [-0.2, -0.15) is 10.1 Å². The summed E-state index contributed by atoms with van der Waals surface area (Å²) in [6, 6.07) is 11.7. The van der Waals surface area contributed by atoms with Crippen LogP contribution < -0.4 is 10.7 Å². The number of hydrogen-bond donors (Lipinski definition) is 1. The van der Waals surface area contributed by atoms with Gasteiger partial charge in [-0.15, -0.1) is 0 Å². The zero-order valence-electron chi connectivity index (χ0n) is 13.0. The lowest BCUT2D eigenvalue weighted by Gasteiger charge is -2.18. The first-order valence-corrected chi connectivity index (χ1v) is 8.37. The molecule has 2 aromatic carbocycles. The van der Waals surface area contributed by atoms with Crippen molar-refractivity contribution < 1.29 is 9.59 Å². The quantitative estimate of drug-likeness (QED) is 0.582. The lowest BCUT2D eigenvalue weighted by molar-refractivity contribution is -0.123. The minimum absolute atomic E-state index is 0.0951. The fourth-order valence-corrected chi connectivity index (χ4v) is 2.68. The normalized spacial score (nSPS) is 10.8. The van der Waals surface area contributed by atoms with Crippen molar-refractivity contribution in [3.05, 3.63) is 63.1 Å². The number of carbonyl (C=O) groups is 2. The summed E-state index contributed by atoms with van der Waals surface area (Å²) in [5.41, 5.74) is 5.94. The number of amides is 2. The number of primary amides is 1. The van der Waals surface area contributed by atoms with E-state index in [1.807, 2.05) is 0 Å². The lowest BCUT2D eigenvalue weighted by Crippen LogP contribution is -2.27. The molecular formula is C17H14Cl3N3O2. The summed E-state index contributed by atoms with van der Waals surface area (Å²) in [7, 11) is 0. The largest absolute Gasteiger partial charge is 0.370 e. The van der Waals surface area contributed by atoms with Crippen LogP contribution in [0, 0.1) is 0 Å². The molecule has 0 aliphatic heterocycles. The molecule has 0 bridgehead atoms. The second kappa shape index (κ2) is 8.85. The summed E-state index contributed by atoms with van der Waals surface area (Å²) in [6.45, 7) is 0. The van der Waals surface area contributed by atoms with E-state index < -0.39 is 11.8 Å². The number of anilines is 1. The molecule has 0 saturated heterocycles. The Morgan fingerprint density at radius 1 is 0.960 bits per heavy atom. The van der Waals surface area contributed by atoms with Crippen molar-refractivity contribution in [1.29, 1.82) is 0 Å². The van der Waals surface area contributed by atoms with E-state index in [1.165, 1.54) is 6.21 Å². The molecule has 0 unspecified atom stereocenters. The summed E-state index contributed by atoms with van der Waals surface area (Å²) < 4.78 is 0. The highest BCUT2D eigenvalue weighted by Gasteiger charge is 2.18. The SMILES string of the molecule is NC(=O)CCC(=O)N(N=Cc1c(Cl)cccc1Cl)c1ccccc1Cl. The smallest absolute Gasteiger partial charge is 0.247 e.